The Hall–Kier alpha value is -1.69. The highest BCUT2D eigenvalue weighted by Gasteiger charge is 2.34. The number of rotatable bonds is 2. The lowest BCUT2D eigenvalue weighted by atomic mass is 9.93. The number of nitrogens with zero attached hydrogens (tertiary/aromatic N) is 4. The number of aromatic nitrogens is 3. The Labute approximate surface area is 175 Å². The lowest BCUT2D eigenvalue weighted by Crippen LogP contribution is -2.39. The van der Waals surface area contributed by atoms with Crippen LogP contribution < -0.4 is 5.73 Å². The molecule has 2 aromatic heterocycles. The number of nitrogens with two attached hydrogens (primary N) is 1. The first kappa shape index (κ1) is 23.0. The SMILES string of the molecule is Nc1ncc2c(F)c(Cl)c(C3CCN(CC(F)(F)F)CC3)n2n1.OC1CCCOC1. The molecule has 2 aliphatic rings. The Balaban J connectivity index is 0.000000310. The maximum atomic E-state index is 14.2. The lowest BCUT2D eigenvalue weighted by Gasteiger charge is -2.32. The molecule has 2 aliphatic heterocycles. The van der Waals surface area contributed by atoms with E-state index in [1.165, 1.54) is 15.6 Å². The second-order valence-corrected chi connectivity index (χ2v) is 7.84. The fourth-order valence-corrected chi connectivity index (χ4v) is 4.04. The van der Waals surface area contributed by atoms with Crippen molar-refractivity contribution in [2.75, 3.05) is 38.6 Å². The number of hydrogen-bond acceptors (Lipinski definition) is 6. The van der Waals surface area contributed by atoms with E-state index in [0.29, 0.717) is 25.1 Å². The van der Waals surface area contributed by atoms with Gasteiger partial charge in [-0.1, -0.05) is 11.6 Å². The highest BCUT2D eigenvalue weighted by Crippen LogP contribution is 2.37. The van der Waals surface area contributed by atoms with Crippen LogP contribution in [0, 0.1) is 5.82 Å². The third kappa shape index (κ3) is 5.71. The number of hydrogen-bond donors (Lipinski definition) is 2. The molecule has 0 aromatic carbocycles. The monoisotopic (exact) mass is 453 g/mol. The first-order valence-corrected chi connectivity index (χ1v) is 10.1. The minimum atomic E-state index is -4.22. The van der Waals surface area contributed by atoms with Crippen molar-refractivity contribution in [2.45, 2.75) is 43.9 Å². The molecule has 0 bridgehead atoms. The molecular formula is C18H24ClF4N5O2. The minimum absolute atomic E-state index is 0.0278. The van der Waals surface area contributed by atoms with Crippen molar-refractivity contribution >= 4 is 23.1 Å². The van der Waals surface area contributed by atoms with E-state index in [-0.39, 0.29) is 41.6 Å². The largest absolute Gasteiger partial charge is 0.401 e. The van der Waals surface area contributed by atoms with Gasteiger partial charge in [-0.05, 0) is 38.8 Å². The predicted octanol–water partition coefficient (Wildman–Crippen LogP) is 3.00. The highest BCUT2D eigenvalue weighted by molar-refractivity contribution is 6.32. The summed E-state index contributed by atoms with van der Waals surface area (Å²) in [6, 6.07) is 0. The number of alkyl halides is 3. The van der Waals surface area contributed by atoms with Crippen molar-refractivity contribution in [1.82, 2.24) is 19.5 Å². The summed E-state index contributed by atoms with van der Waals surface area (Å²) in [5.74, 6) is -0.849. The summed E-state index contributed by atoms with van der Waals surface area (Å²) in [5.41, 5.74) is 6.08. The first-order valence-electron chi connectivity index (χ1n) is 9.68. The molecule has 4 heterocycles. The fraction of sp³-hybridized carbons (Fsp3) is 0.667. The van der Waals surface area contributed by atoms with Gasteiger partial charge in [0, 0.05) is 12.5 Å². The smallest absolute Gasteiger partial charge is 0.391 e. The van der Waals surface area contributed by atoms with Crippen LogP contribution in [-0.2, 0) is 4.74 Å². The topological polar surface area (TPSA) is 88.9 Å². The van der Waals surface area contributed by atoms with Gasteiger partial charge in [-0.2, -0.15) is 13.2 Å². The van der Waals surface area contributed by atoms with E-state index in [0.717, 1.165) is 19.4 Å². The number of ether oxygens (including phenoxy) is 1. The molecule has 1 unspecified atom stereocenters. The van der Waals surface area contributed by atoms with Crippen LogP contribution in [0.5, 0.6) is 0 Å². The minimum Gasteiger partial charge on any atom is -0.391 e. The van der Waals surface area contributed by atoms with Gasteiger partial charge in [0.25, 0.3) is 0 Å². The molecule has 2 aromatic rings. The van der Waals surface area contributed by atoms with Crippen LogP contribution in [0.1, 0.15) is 37.3 Å². The average molecular weight is 454 g/mol. The number of anilines is 1. The third-order valence-electron chi connectivity index (χ3n) is 5.13. The zero-order valence-corrected chi connectivity index (χ0v) is 17.0. The lowest BCUT2D eigenvalue weighted by molar-refractivity contribution is -0.148. The van der Waals surface area contributed by atoms with E-state index in [1.54, 1.807) is 0 Å². The van der Waals surface area contributed by atoms with Crippen molar-refractivity contribution in [2.24, 2.45) is 0 Å². The molecule has 1 atom stereocenters. The van der Waals surface area contributed by atoms with Gasteiger partial charge in [-0.3, -0.25) is 4.90 Å². The summed E-state index contributed by atoms with van der Waals surface area (Å²) >= 11 is 6.07. The van der Waals surface area contributed by atoms with Crippen LogP contribution in [0.25, 0.3) is 5.52 Å². The van der Waals surface area contributed by atoms with Gasteiger partial charge < -0.3 is 15.6 Å². The quantitative estimate of drug-likeness (QED) is 0.679. The Morgan fingerprint density at radius 2 is 1.97 bits per heavy atom. The predicted molar refractivity (Wildman–Crippen MR) is 103 cm³/mol. The van der Waals surface area contributed by atoms with E-state index in [1.807, 2.05) is 0 Å². The Morgan fingerprint density at radius 1 is 1.27 bits per heavy atom. The van der Waals surface area contributed by atoms with Crippen molar-refractivity contribution < 1.29 is 27.4 Å². The zero-order chi connectivity index (χ0) is 21.9. The van der Waals surface area contributed by atoms with E-state index >= 15 is 0 Å². The van der Waals surface area contributed by atoms with Crippen LogP contribution in [0.2, 0.25) is 5.02 Å². The number of halogens is 5. The summed E-state index contributed by atoms with van der Waals surface area (Å²) in [4.78, 5) is 5.07. The Bertz CT molecular complexity index is 849. The molecule has 12 heteroatoms. The van der Waals surface area contributed by atoms with Crippen LogP contribution >= 0.6 is 11.6 Å². The molecule has 4 rings (SSSR count). The first-order chi connectivity index (χ1) is 14.2. The molecule has 0 amide bonds. The van der Waals surface area contributed by atoms with Crippen LogP contribution in [0.3, 0.4) is 0 Å². The van der Waals surface area contributed by atoms with Crippen molar-refractivity contribution in [3.8, 4) is 0 Å². The zero-order valence-electron chi connectivity index (χ0n) is 16.2. The molecule has 0 aliphatic carbocycles. The van der Waals surface area contributed by atoms with E-state index in [9.17, 15) is 17.6 Å². The van der Waals surface area contributed by atoms with Crippen molar-refractivity contribution in [3.63, 3.8) is 0 Å². The van der Waals surface area contributed by atoms with E-state index < -0.39 is 18.5 Å². The molecule has 7 nitrogen and oxygen atoms in total. The maximum absolute atomic E-state index is 14.2. The number of likely N-dealkylation sites (tertiary alicyclic amines) is 1. The Kier molecular flexibility index (Phi) is 7.38. The molecule has 2 fully saturated rings. The number of fused-ring (bicyclic) bond motifs is 1. The molecule has 0 saturated carbocycles. The Morgan fingerprint density at radius 3 is 2.50 bits per heavy atom. The summed E-state index contributed by atoms with van der Waals surface area (Å²) < 4.78 is 57.7. The molecule has 0 radical (unpaired) electrons. The summed E-state index contributed by atoms with van der Waals surface area (Å²) in [6.07, 6.45) is -0.363. The van der Waals surface area contributed by atoms with Gasteiger partial charge in [0.05, 0.1) is 31.1 Å². The molecule has 30 heavy (non-hydrogen) atoms. The second-order valence-electron chi connectivity index (χ2n) is 7.46. The van der Waals surface area contributed by atoms with Crippen LogP contribution in [-0.4, -0.2) is 69.7 Å². The van der Waals surface area contributed by atoms with Gasteiger partial charge in [-0.25, -0.2) is 13.9 Å². The van der Waals surface area contributed by atoms with Gasteiger partial charge >= 0.3 is 6.18 Å². The van der Waals surface area contributed by atoms with Crippen LogP contribution in [0.4, 0.5) is 23.5 Å². The molecule has 168 valence electrons. The van der Waals surface area contributed by atoms with Gasteiger partial charge in [-0.15, -0.1) is 5.10 Å². The number of aliphatic hydroxyl groups excluding tert-OH is 1. The number of aliphatic hydroxyl groups is 1. The number of piperidine rings is 1. The van der Waals surface area contributed by atoms with E-state index in [2.05, 4.69) is 10.1 Å². The molecular weight excluding hydrogens is 430 g/mol. The van der Waals surface area contributed by atoms with Crippen molar-refractivity contribution in [3.05, 3.63) is 22.7 Å². The third-order valence-corrected chi connectivity index (χ3v) is 5.49. The van der Waals surface area contributed by atoms with E-state index in [4.69, 9.17) is 27.2 Å². The number of nitrogen functional groups attached to an aromatic ring is 1. The van der Waals surface area contributed by atoms with Gasteiger partial charge in [0.1, 0.15) is 10.5 Å². The molecule has 0 spiro atoms. The fourth-order valence-electron chi connectivity index (χ4n) is 3.71. The standard InChI is InChI=1S/C13H14ClF4N5.C5H10O2/c14-9-10(15)8-5-20-12(19)21-23(8)11(9)7-1-3-22(4-2-7)6-13(16,17)18;6-5-2-1-3-7-4-5/h5,7H,1-4,6H2,(H2,19,21);5-6H,1-4H2. The highest BCUT2D eigenvalue weighted by atomic mass is 35.5. The summed E-state index contributed by atoms with van der Waals surface area (Å²) in [5, 5.41) is 12.7. The molecule has 2 saturated heterocycles. The maximum Gasteiger partial charge on any atom is 0.401 e. The van der Waals surface area contributed by atoms with Crippen molar-refractivity contribution in [1.29, 1.82) is 0 Å². The second kappa shape index (κ2) is 9.63. The molecule has 3 N–H and O–H groups in total. The van der Waals surface area contributed by atoms with Gasteiger partial charge in [0.15, 0.2) is 5.82 Å². The van der Waals surface area contributed by atoms with Gasteiger partial charge in [0.2, 0.25) is 5.95 Å². The average Bonchev–Trinajstić information content (AvgIpc) is 2.92. The summed E-state index contributed by atoms with van der Waals surface area (Å²) in [7, 11) is 0. The summed E-state index contributed by atoms with van der Waals surface area (Å²) in [6.45, 7) is 0.953. The van der Waals surface area contributed by atoms with Crippen LogP contribution in [0.15, 0.2) is 6.20 Å². The normalized spacial score (nSPS) is 21.5.